The van der Waals surface area contributed by atoms with Crippen molar-refractivity contribution in [1.29, 1.82) is 0 Å². The van der Waals surface area contributed by atoms with E-state index in [0.717, 1.165) is 18.4 Å². The van der Waals surface area contributed by atoms with Crippen LogP contribution >= 0.6 is 12.2 Å². The highest BCUT2D eigenvalue weighted by atomic mass is 32.2. The van der Waals surface area contributed by atoms with Crippen molar-refractivity contribution in [3.8, 4) is 0 Å². The molecule has 1 rings (SSSR count). The lowest BCUT2D eigenvalue weighted by atomic mass is 10.2. The van der Waals surface area contributed by atoms with Crippen molar-refractivity contribution >= 4 is 27.2 Å². The number of nitrogens with two attached hydrogens (primary N) is 1. The highest BCUT2D eigenvalue weighted by molar-refractivity contribution is 7.88. The van der Waals surface area contributed by atoms with Gasteiger partial charge in [0.1, 0.15) is 0 Å². The van der Waals surface area contributed by atoms with E-state index in [1.807, 2.05) is 18.2 Å². The lowest BCUT2D eigenvalue weighted by Gasteiger charge is -2.06. The normalized spacial score (nSPS) is 11.3. The van der Waals surface area contributed by atoms with Crippen LogP contribution in [0.5, 0.6) is 0 Å². The van der Waals surface area contributed by atoms with Gasteiger partial charge in [0.25, 0.3) is 0 Å². The third kappa shape index (κ3) is 6.68. The second-order valence-electron chi connectivity index (χ2n) is 4.06. The Labute approximate surface area is 114 Å². The maximum Gasteiger partial charge on any atom is 0.215 e. The molecular weight excluding hydrogens is 268 g/mol. The molecule has 0 spiro atoms. The van der Waals surface area contributed by atoms with Crippen LogP contribution < -0.4 is 10.5 Å². The SMILES string of the molecule is NC(=S)CCCCNS(=O)(=O)Cc1ccccc1. The van der Waals surface area contributed by atoms with Gasteiger partial charge in [-0.15, -0.1) is 0 Å². The van der Waals surface area contributed by atoms with Gasteiger partial charge in [-0.2, -0.15) is 0 Å². The molecule has 0 aromatic heterocycles. The third-order valence-corrected chi connectivity index (χ3v) is 3.93. The first-order valence-electron chi connectivity index (χ1n) is 5.79. The van der Waals surface area contributed by atoms with Gasteiger partial charge in [-0.1, -0.05) is 42.5 Å². The summed E-state index contributed by atoms with van der Waals surface area (Å²) in [7, 11) is -3.25. The molecule has 3 N–H and O–H groups in total. The standard InChI is InChI=1S/C12H18N2O2S2/c13-12(17)8-4-5-9-14-18(15,16)10-11-6-2-1-3-7-11/h1-3,6-7,14H,4-5,8-10H2,(H2,13,17). The fourth-order valence-electron chi connectivity index (χ4n) is 1.50. The Morgan fingerprint density at radius 2 is 1.89 bits per heavy atom. The van der Waals surface area contributed by atoms with E-state index in [9.17, 15) is 8.42 Å². The van der Waals surface area contributed by atoms with Crippen LogP contribution in [-0.2, 0) is 15.8 Å². The number of thiocarbonyl (C=S) groups is 1. The zero-order valence-electron chi connectivity index (χ0n) is 10.1. The van der Waals surface area contributed by atoms with Gasteiger partial charge >= 0.3 is 0 Å². The van der Waals surface area contributed by atoms with Gasteiger partial charge in [-0.25, -0.2) is 13.1 Å². The molecule has 4 nitrogen and oxygen atoms in total. The Morgan fingerprint density at radius 1 is 1.22 bits per heavy atom. The van der Waals surface area contributed by atoms with Crippen molar-refractivity contribution in [1.82, 2.24) is 4.72 Å². The summed E-state index contributed by atoms with van der Waals surface area (Å²) >= 11 is 4.74. The van der Waals surface area contributed by atoms with Crippen molar-refractivity contribution in [3.05, 3.63) is 35.9 Å². The number of sulfonamides is 1. The Hall–Kier alpha value is -0.980. The molecule has 1 aromatic rings. The maximum absolute atomic E-state index is 11.7. The van der Waals surface area contributed by atoms with Crippen LogP contribution in [0.25, 0.3) is 0 Å². The van der Waals surface area contributed by atoms with Gasteiger partial charge in [0.2, 0.25) is 10.0 Å². The average Bonchev–Trinajstić information content (AvgIpc) is 2.28. The maximum atomic E-state index is 11.7. The molecule has 0 radical (unpaired) electrons. The molecular formula is C12H18N2O2S2. The van der Waals surface area contributed by atoms with E-state index in [1.165, 1.54) is 0 Å². The van der Waals surface area contributed by atoms with Gasteiger partial charge < -0.3 is 5.73 Å². The van der Waals surface area contributed by atoms with Gasteiger partial charge in [0, 0.05) is 6.54 Å². The van der Waals surface area contributed by atoms with Crippen LogP contribution in [0.3, 0.4) is 0 Å². The van der Waals surface area contributed by atoms with Gasteiger partial charge in [-0.05, 0) is 24.8 Å². The summed E-state index contributed by atoms with van der Waals surface area (Å²) in [5, 5.41) is 0. The second kappa shape index (κ2) is 7.45. The van der Waals surface area contributed by atoms with Crippen LogP contribution in [0.4, 0.5) is 0 Å². The summed E-state index contributed by atoms with van der Waals surface area (Å²) in [6.07, 6.45) is 2.21. The first kappa shape index (κ1) is 15.1. The molecule has 0 saturated heterocycles. The number of unbranched alkanes of at least 4 members (excludes halogenated alkanes) is 1. The van der Waals surface area contributed by atoms with Crippen LogP contribution in [-0.4, -0.2) is 20.0 Å². The minimum absolute atomic E-state index is 0.0170. The summed E-state index contributed by atoms with van der Waals surface area (Å²) in [6.45, 7) is 0.428. The van der Waals surface area contributed by atoms with E-state index in [4.69, 9.17) is 18.0 Å². The monoisotopic (exact) mass is 286 g/mol. The number of hydrogen-bond acceptors (Lipinski definition) is 3. The molecule has 0 unspecified atom stereocenters. The van der Waals surface area contributed by atoms with Crippen molar-refractivity contribution in [2.75, 3.05) is 6.54 Å². The summed E-state index contributed by atoms with van der Waals surface area (Å²) in [4.78, 5) is 0.474. The molecule has 18 heavy (non-hydrogen) atoms. The second-order valence-corrected chi connectivity index (χ2v) is 6.39. The van der Waals surface area contributed by atoms with Crippen LogP contribution in [0.15, 0.2) is 30.3 Å². The fraction of sp³-hybridized carbons (Fsp3) is 0.417. The molecule has 0 atom stereocenters. The lowest BCUT2D eigenvalue weighted by molar-refractivity contribution is 0.576. The van der Waals surface area contributed by atoms with Crippen molar-refractivity contribution in [3.63, 3.8) is 0 Å². The smallest absolute Gasteiger partial charge is 0.215 e. The van der Waals surface area contributed by atoms with Crippen LogP contribution in [0.1, 0.15) is 24.8 Å². The molecule has 0 bridgehead atoms. The Kier molecular flexibility index (Phi) is 6.24. The van der Waals surface area contributed by atoms with Crippen molar-refractivity contribution < 1.29 is 8.42 Å². The van der Waals surface area contributed by atoms with E-state index in [-0.39, 0.29) is 5.75 Å². The number of hydrogen-bond donors (Lipinski definition) is 2. The predicted octanol–water partition coefficient (Wildman–Crippen LogP) is 1.56. The largest absolute Gasteiger partial charge is 0.393 e. The lowest BCUT2D eigenvalue weighted by Crippen LogP contribution is -2.26. The van der Waals surface area contributed by atoms with Crippen molar-refractivity contribution in [2.24, 2.45) is 5.73 Å². The molecule has 6 heteroatoms. The zero-order chi connectivity index (χ0) is 13.4. The fourth-order valence-corrected chi connectivity index (χ4v) is 2.83. The number of benzene rings is 1. The summed E-state index contributed by atoms with van der Waals surface area (Å²) in [6, 6.07) is 9.11. The third-order valence-electron chi connectivity index (χ3n) is 2.37. The molecule has 0 aliphatic carbocycles. The molecule has 0 aliphatic heterocycles. The Morgan fingerprint density at radius 3 is 2.50 bits per heavy atom. The first-order valence-corrected chi connectivity index (χ1v) is 7.85. The summed E-state index contributed by atoms with van der Waals surface area (Å²) in [5.74, 6) is 0.0170. The minimum atomic E-state index is -3.25. The van der Waals surface area contributed by atoms with Gasteiger partial charge in [0.05, 0.1) is 10.7 Å². The average molecular weight is 286 g/mol. The first-order chi connectivity index (χ1) is 8.49. The molecule has 0 aliphatic rings. The highest BCUT2D eigenvalue weighted by Gasteiger charge is 2.10. The van der Waals surface area contributed by atoms with E-state index in [2.05, 4.69) is 4.72 Å². The Balaban J connectivity index is 2.30. The minimum Gasteiger partial charge on any atom is -0.393 e. The molecule has 0 saturated carbocycles. The molecule has 0 fully saturated rings. The number of nitrogens with one attached hydrogen (secondary N) is 1. The van der Waals surface area contributed by atoms with E-state index in [1.54, 1.807) is 12.1 Å². The van der Waals surface area contributed by atoms with E-state index >= 15 is 0 Å². The van der Waals surface area contributed by atoms with Crippen molar-refractivity contribution in [2.45, 2.75) is 25.0 Å². The summed E-state index contributed by atoms with van der Waals surface area (Å²) < 4.78 is 26.0. The molecule has 1 aromatic carbocycles. The molecule has 100 valence electrons. The molecule has 0 heterocycles. The number of rotatable bonds is 8. The van der Waals surface area contributed by atoms with Gasteiger partial charge in [-0.3, -0.25) is 0 Å². The topological polar surface area (TPSA) is 72.2 Å². The summed E-state index contributed by atoms with van der Waals surface area (Å²) in [5.41, 5.74) is 6.14. The van der Waals surface area contributed by atoms with E-state index < -0.39 is 10.0 Å². The predicted molar refractivity (Wildman–Crippen MR) is 77.7 cm³/mol. The van der Waals surface area contributed by atoms with Gasteiger partial charge in [0.15, 0.2) is 0 Å². The Bertz CT molecular complexity index is 472. The molecule has 0 amide bonds. The highest BCUT2D eigenvalue weighted by Crippen LogP contribution is 2.04. The quantitative estimate of drug-likeness (QED) is 0.562. The van der Waals surface area contributed by atoms with Crippen LogP contribution in [0.2, 0.25) is 0 Å². The van der Waals surface area contributed by atoms with Crippen LogP contribution in [0, 0.1) is 0 Å². The van der Waals surface area contributed by atoms with E-state index in [0.29, 0.717) is 18.0 Å². The zero-order valence-corrected chi connectivity index (χ0v) is 11.8.